The molecular weight excluding hydrogens is 138 g/mol. The number of H-pyrrole nitrogens is 2. The van der Waals surface area contributed by atoms with Crippen molar-refractivity contribution in [1.29, 1.82) is 5.26 Å². The van der Waals surface area contributed by atoms with Crippen molar-refractivity contribution in [3.05, 3.63) is 23.5 Å². The van der Waals surface area contributed by atoms with E-state index in [1.807, 2.05) is 25.1 Å². The highest BCUT2D eigenvalue weighted by Crippen LogP contribution is 2.14. The average Bonchev–Trinajstić information content (AvgIpc) is 2.43. The number of aryl methyl sites for hydroxylation is 1. The Morgan fingerprint density at radius 1 is 1.27 bits per heavy atom. The minimum atomic E-state index is 0.603. The molecule has 0 aliphatic heterocycles. The van der Waals surface area contributed by atoms with E-state index in [0.717, 1.165) is 16.7 Å². The fourth-order valence-corrected chi connectivity index (χ4v) is 1.21. The van der Waals surface area contributed by atoms with Gasteiger partial charge in [0.25, 0.3) is 0 Å². The topological polar surface area (TPSA) is 55.4 Å². The highest BCUT2D eigenvalue weighted by atomic mass is 14.8. The molecule has 0 spiro atoms. The number of aromatic nitrogens is 2. The van der Waals surface area contributed by atoms with Gasteiger partial charge in [0.1, 0.15) is 11.8 Å². The fourth-order valence-electron chi connectivity index (χ4n) is 1.21. The van der Waals surface area contributed by atoms with Crippen LogP contribution in [0.4, 0.5) is 0 Å². The van der Waals surface area contributed by atoms with Gasteiger partial charge in [-0.2, -0.15) is 5.26 Å². The standard InChI is InChI=1S/C8H7N3/c1-5-2-7-8(10-5)3-6(4-9)11-7/h2-3,10-11H,1H3. The maximum atomic E-state index is 8.53. The molecule has 2 aromatic rings. The third-order valence-electron chi connectivity index (χ3n) is 1.66. The van der Waals surface area contributed by atoms with Gasteiger partial charge in [-0.15, -0.1) is 0 Å². The molecule has 3 heteroatoms. The van der Waals surface area contributed by atoms with Crippen LogP contribution < -0.4 is 0 Å². The molecule has 0 unspecified atom stereocenters. The zero-order chi connectivity index (χ0) is 7.84. The average molecular weight is 145 g/mol. The minimum Gasteiger partial charge on any atom is -0.357 e. The predicted molar refractivity (Wildman–Crippen MR) is 42.1 cm³/mol. The summed E-state index contributed by atoms with van der Waals surface area (Å²) in [7, 11) is 0. The van der Waals surface area contributed by atoms with Crippen LogP contribution in [0.25, 0.3) is 11.0 Å². The molecule has 0 aromatic carbocycles. The van der Waals surface area contributed by atoms with Crippen molar-refractivity contribution in [3.63, 3.8) is 0 Å². The molecule has 0 fully saturated rings. The Morgan fingerprint density at radius 3 is 2.64 bits per heavy atom. The Bertz CT molecular complexity index is 396. The lowest BCUT2D eigenvalue weighted by Crippen LogP contribution is -1.69. The molecule has 0 aliphatic carbocycles. The molecule has 2 rings (SSSR count). The van der Waals surface area contributed by atoms with Crippen molar-refractivity contribution in [1.82, 2.24) is 9.97 Å². The first-order valence-corrected chi connectivity index (χ1v) is 3.38. The Morgan fingerprint density at radius 2 is 2.00 bits per heavy atom. The molecule has 2 heterocycles. The monoisotopic (exact) mass is 145 g/mol. The van der Waals surface area contributed by atoms with Gasteiger partial charge >= 0.3 is 0 Å². The van der Waals surface area contributed by atoms with Crippen LogP contribution in [0.1, 0.15) is 11.4 Å². The first-order chi connectivity index (χ1) is 5.29. The van der Waals surface area contributed by atoms with E-state index in [1.54, 1.807) is 0 Å². The number of fused-ring (bicyclic) bond motifs is 1. The number of aromatic amines is 2. The molecule has 0 atom stereocenters. The number of nitrogens with one attached hydrogen (secondary N) is 2. The van der Waals surface area contributed by atoms with Gasteiger partial charge in [0, 0.05) is 5.69 Å². The van der Waals surface area contributed by atoms with Crippen LogP contribution in [0.15, 0.2) is 12.1 Å². The van der Waals surface area contributed by atoms with E-state index in [2.05, 4.69) is 9.97 Å². The lowest BCUT2D eigenvalue weighted by molar-refractivity contribution is 1.29. The zero-order valence-corrected chi connectivity index (χ0v) is 6.10. The smallest absolute Gasteiger partial charge is 0.120 e. The van der Waals surface area contributed by atoms with Gasteiger partial charge in [-0.1, -0.05) is 0 Å². The van der Waals surface area contributed by atoms with Gasteiger partial charge in [-0.3, -0.25) is 0 Å². The Kier molecular flexibility index (Phi) is 1.04. The predicted octanol–water partition coefficient (Wildman–Crippen LogP) is 1.68. The van der Waals surface area contributed by atoms with Gasteiger partial charge in [0.05, 0.1) is 11.0 Å². The second-order valence-electron chi connectivity index (χ2n) is 2.57. The van der Waals surface area contributed by atoms with Crippen LogP contribution >= 0.6 is 0 Å². The minimum absolute atomic E-state index is 0.603. The number of nitriles is 1. The van der Waals surface area contributed by atoms with E-state index < -0.39 is 0 Å². The normalized spacial score (nSPS) is 10.2. The van der Waals surface area contributed by atoms with Crippen molar-refractivity contribution in [2.24, 2.45) is 0 Å². The first-order valence-electron chi connectivity index (χ1n) is 3.38. The molecule has 0 saturated heterocycles. The third kappa shape index (κ3) is 0.802. The zero-order valence-electron chi connectivity index (χ0n) is 6.10. The molecule has 54 valence electrons. The molecule has 0 aliphatic rings. The van der Waals surface area contributed by atoms with Crippen LogP contribution in [-0.4, -0.2) is 9.97 Å². The van der Waals surface area contributed by atoms with Gasteiger partial charge in [0.2, 0.25) is 0 Å². The summed E-state index contributed by atoms with van der Waals surface area (Å²) in [6, 6.07) is 5.84. The second kappa shape index (κ2) is 1.89. The van der Waals surface area contributed by atoms with Crippen molar-refractivity contribution in [2.75, 3.05) is 0 Å². The number of hydrogen-bond acceptors (Lipinski definition) is 1. The van der Waals surface area contributed by atoms with Gasteiger partial charge in [-0.05, 0) is 19.1 Å². The van der Waals surface area contributed by atoms with Crippen LogP contribution in [-0.2, 0) is 0 Å². The van der Waals surface area contributed by atoms with E-state index in [9.17, 15) is 0 Å². The summed E-state index contributed by atoms with van der Waals surface area (Å²) in [5.74, 6) is 0. The summed E-state index contributed by atoms with van der Waals surface area (Å²) >= 11 is 0. The molecule has 0 saturated carbocycles. The summed E-state index contributed by atoms with van der Waals surface area (Å²) in [6.45, 7) is 1.99. The molecule has 2 aromatic heterocycles. The Labute approximate surface area is 63.7 Å². The SMILES string of the molecule is Cc1cc2[nH]c(C#N)cc2[nH]1. The fraction of sp³-hybridized carbons (Fsp3) is 0.125. The van der Waals surface area contributed by atoms with E-state index in [1.165, 1.54) is 0 Å². The molecule has 0 radical (unpaired) electrons. The van der Waals surface area contributed by atoms with E-state index >= 15 is 0 Å². The summed E-state index contributed by atoms with van der Waals surface area (Å²) in [6.07, 6.45) is 0. The maximum absolute atomic E-state index is 8.53. The third-order valence-corrected chi connectivity index (χ3v) is 1.66. The lowest BCUT2D eigenvalue weighted by Gasteiger charge is -1.77. The van der Waals surface area contributed by atoms with Crippen LogP contribution in [0.2, 0.25) is 0 Å². The van der Waals surface area contributed by atoms with Crippen LogP contribution in [0, 0.1) is 18.3 Å². The largest absolute Gasteiger partial charge is 0.357 e. The van der Waals surface area contributed by atoms with Crippen molar-refractivity contribution >= 4 is 11.0 Å². The molecule has 3 nitrogen and oxygen atoms in total. The summed E-state index contributed by atoms with van der Waals surface area (Å²) in [5, 5.41) is 8.53. The summed E-state index contributed by atoms with van der Waals surface area (Å²) in [5.41, 5.74) is 3.71. The molecule has 0 amide bonds. The molecule has 2 N–H and O–H groups in total. The lowest BCUT2D eigenvalue weighted by atomic mass is 10.4. The van der Waals surface area contributed by atoms with E-state index in [0.29, 0.717) is 5.69 Å². The highest BCUT2D eigenvalue weighted by Gasteiger charge is 2.00. The van der Waals surface area contributed by atoms with Crippen LogP contribution in [0.3, 0.4) is 0 Å². The number of hydrogen-bond donors (Lipinski definition) is 2. The molecular formula is C8H7N3. The van der Waals surface area contributed by atoms with Gasteiger partial charge in [0.15, 0.2) is 0 Å². The van der Waals surface area contributed by atoms with Gasteiger partial charge in [-0.25, -0.2) is 0 Å². The quantitative estimate of drug-likeness (QED) is 0.582. The number of rotatable bonds is 0. The summed E-state index contributed by atoms with van der Waals surface area (Å²) in [4.78, 5) is 6.10. The van der Waals surface area contributed by atoms with Gasteiger partial charge < -0.3 is 9.97 Å². The summed E-state index contributed by atoms with van der Waals surface area (Å²) < 4.78 is 0. The highest BCUT2D eigenvalue weighted by molar-refractivity contribution is 5.78. The first kappa shape index (κ1) is 6.05. The van der Waals surface area contributed by atoms with Crippen LogP contribution in [0.5, 0.6) is 0 Å². The maximum Gasteiger partial charge on any atom is 0.120 e. The Balaban J connectivity index is 2.76. The second-order valence-corrected chi connectivity index (χ2v) is 2.57. The molecule has 0 bridgehead atoms. The van der Waals surface area contributed by atoms with E-state index in [4.69, 9.17) is 5.26 Å². The number of nitrogens with zero attached hydrogens (tertiary/aromatic N) is 1. The van der Waals surface area contributed by atoms with Crippen molar-refractivity contribution < 1.29 is 0 Å². The molecule has 11 heavy (non-hydrogen) atoms. The van der Waals surface area contributed by atoms with E-state index in [-0.39, 0.29) is 0 Å². The van der Waals surface area contributed by atoms with Crippen molar-refractivity contribution in [2.45, 2.75) is 6.92 Å². The Hall–Kier alpha value is -1.69. The van der Waals surface area contributed by atoms with Crippen molar-refractivity contribution in [3.8, 4) is 6.07 Å².